The molecule has 2 aliphatic rings. The van der Waals surface area contributed by atoms with Gasteiger partial charge in [0.1, 0.15) is 19.0 Å². The smallest absolute Gasteiger partial charge is 0.274 e. The molecule has 1 aliphatic carbocycles. The van der Waals surface area contributed by atoms with Crippen molar-refractivity contribution in [2.75, 3.05) is 19.8 Å². The van der Waals surface area contributed by atoms with E-state index in [1.54, 1.807) is 17.0 Å². The van der Waals surface area contributed by atoms with Gasteiger partial charge in [-0.3, -0.25) is 4.79 Å². The van der Waals surface area contributed by atoms with E-state index in [0.717, 1.165) is 53.9 Å². The molecule has 1 amide bonds. The maximum atomic E-state index is 13.6. The average Bonchev–Trinajstić information content (AvgIpc) is 3.22. The number of carbonyl (C=O) groups is 1. The Balaban J connectivity index is 1.49. The molecule has 0 spiro atoms. The van der Waals surface area contributed by atoms with Crippen LogP contribution >= 0.6 is 0 Å². The highest BCUT2D eigenvalue weighted by Gasteiger charge is 2.29. The quantitative estimate of drug-likeness (QED) is 0.599. The first kappa shape index (κ1) is 20.5. The highest BCUT2D eigenvalue weighted by atomic mass is 19.1. The van der Waals surface area contributed by atoms with Gasteiger partial charge in [0.15, 0.2) is 17.2 Å². The zero-order chi connectivity index (χ0) is 22.1. The third-order valence-electron chi connectivity index (χ3n) is 6.13. The van der Waals surface area contributed by atoms with Crippen molar-refractivity contribution >= 4 is 5.91 Å². The van der Waals surface area contributed by atoms with E-state index in [1.807, 2.05) is 29.8 Å². The predicted octanol–water partition coefficient (Wildman–Crippen LogP) is 4.32. The summed E-state index contributed by atoms with van der Waals surface area (Å²) in [5, 5.41) is 4.74. The maximum absolute atomic E-state index is 13.6. The van der Waals surface area contributed by atoms with E-state index >= 15 is 0 Å². The first-order valence-corrected chi connectivity index (χ1v) is 11.2. The summed E-state index contributed by atoms with van der Waals surface area (Å²) in [7, 11) is 0. The summed E-state index contributed by atoms with van der Waals surface area (Å²) >= 11 is 0. The number of carbonyl (C=O) groups excluding carboxylic acids is 1. The number of rotatable bonds is 5. The molecule has 0 unspecified atom stereocenters. The lowest BCUT2D eigenvalue weighted by atomic mass is 9.95. The van der Waals surface area contributed by atoms with Crippen LogP contribution in [0.2, 0.25) is 0 Å². The van der Waals surface area contributed by atoms with Crippen LogP contribution in [-0.4, -0.2) is 40.3 Å². The van der Waals surface area contributed by atoms with E-state index in [2.05, 4.69) is 0 Å². The lowest BCUT2D eigenvalue weighted by Crippen LogP contribution is -2.32. The molecule has 3 aromatic rings. The van der Waals surface area contributed by atoms with Crippen molar-refractivity contribution in [3.63, 3.8) is 0 Å². The van der Waals surface area contributed by atoms with Gasteiger partial charge < -0.3 is 14.4 Å². The molecule has 7 heteroatoms. The molecule has 0 atom stereocenters. The Bertz CT molecular complexity index is 1140. The number of benzene rings is 2. The zero-order valence-corrected chi connectivity index (χ0v) is 18.1. The third kappa shape index (κ3) is 3.72. The first-order valence-electron chi connectivity index (χ1n) is 11.2. The number of fused-ring (bicyclic) bond motifs is 2. The standard InChI is InChI=1S/C25H26FN3O3/c1-2-28(16-17-6-5-9-22-24(17)32-15-14-31-22)25(30)23-20-7-3-4-8-21(20)29(27-23)19-12-10-18(26)11-13-19/h5-6,9-13H,2-4,7-8,14-16H2,1H3. The molecule has 166 valence electrons. The number of amides is 1. The number of hydrogen-bond donors (Lipinski definition) is 0. The van der Waals surface area contributed by atoms with Crippen LogP contribution in [0, 0.1) is 5.82 Å². The van der Waals surface area contributed by atoms with Crippen LogP contribution in [0.25, 0.3) is 5.69 Å². The summed E-state index contributed by atoms with van der Waals surface area (Å²) in [4.78, 5) is 15.4. The Morgan fingerprint density at radius 3 is 2.69 bits per heavy atom. The van der Waals surface area contributed by atoms with E-state index in [4.69, 9.17) is 14.6 Å². The third-order valence-corrected chi connectivity index (χ3v) is 6.13. The van der Waals surface area contributed by atoms with E-state index in [1.165, 1.54) is 12.1 Å². The summed E-state index contributed by atoms with van der Waals surface area (Å²) < 4.78 is 26.8. The van der Waals surface area contributed by atoms with Crippen LogP contribution in [-0.2, 0) is 19.4 Å². The topological polar surface area (TPSA) is 56.6 Å². The minimum Gasteiger partial charge on any atom is -0.486 e. The fourth-order valence-electron chi connectivity index (χ4n) is 4.51. The fraction of sp³-hybridized carbons (Fsp3) is 0.360. The Hall–Kier alpha value is -3.35. The largest absolute Gasteiger partial charge is 0.486 e. The summed E-state index contributed by atoms with van der Waals surface area (Å²) in [6.45, 7) is 3.95. The monoisotopic (exact) mass is 435 g/mol. The van der Waals surface area contributed by atoms with Gasteiger partial charge >= 0.3 is 0 Å². The van der Waals surface area contributed by atoms with Gasteiger partial charge in [0.25, 0.3) is 5.91 Å². The molecule has 0 N–H and O–H groups in total. The Kier molecular flexibility index (Phi) is 5.55. The van der Waals surface area contributed by atoms with Gasteiger partial charge in [-0.2, -0.15) is 5.10 Å². The van der Waals surface area contributed by atoms with Crippen LogP contribution in [0.4, 0.5) is 4.39 Å². The predicted molar refractivity (Wildman–Crippen MR) is 118 cm³/mol. The summed E-state index contributed by atoms with van der Waals surface area (Å²) in [5.41, 5.74) is 4.25. The fourth-order valence-corrected chi connectivity index (χ4v) is 4.51. The van der Waals surface area contributed by atoms with Crippen molar-refractivity contribution in [1.82, 2.24) is 14.7 Å². The van der Waals surface area contributed by atoms with Crippen molar-refractivity contribution in [3.05, 3.63) is 70.8 Å². The van der Waals surface area contributed by atoms with Crippen molar-refractivity contribution in [2.45, 2.75) is 39.2 Å². The lowest BCUT2D eigenvalue weighted by Gasteiger charge is -2.25. The van der Waals surface area contributed by atoms with E-state index in [9.17, 15) is 9.18 Å². The van der Waals surface area contributed by atoms with Gasteiger partial charge in [0.2, 0.25) is 0 Å². The van der Waals surface area contributed by atoms with Crippen molar-refractivity contribution in [3.8, 4) is 17.2 Å². The summed E-state index contributed by atoms with van der Waals surface area (Å²) in [5.74, 6) is 1.04. The number of aromatic nitrogens is 2. The molecular weight excluding hydrogens is 409 g/mol. The SMILES string of the molecule is CCN(Cc1cccc2c1OCCO2)C(=O)c1nn(-c2ccc(F)cc2)c2c1CCCC2. The van der Waals surface area contributed by atoms with Crippen molar-refractivity contribution < 1.29 is 18.7 Å². The van der Waals surface area contributed by atoms with Crippen molar-refractivity contribution in [2.24, 2.45) is 0 Å². The molecule has 0 radical (unpaired) electrons. The first-order chi connectivity index (χ1) is 15.7. The molecule has 1 aromatic heterocycles. The van der Waals surface area contributed by atoms with Gasteiger partial charge in [0.05, 0.1) is 5.69 Å². The second-order valence-electron chi connectivity index (χ2n) is 8.13. The molecule has 0 fully saturated rings. The maximum Gasteiger partial charge on any atom is 0.274 e. The molecule has 0 bridgehead atoms. The van der Waals surface area contributed by atoms with Crippen LogP contribution in [0.3, 0.4) is 0 Å². The van der Waals surface area contributed by atoms with E-state index < -0.39 is 0 Å². The Morgan fingerprint density at radius 2 is 1.88 bits per heavy atom. The highest BCUT2D eigenvalue weighted by Crippen LogP contribution is 2.35. The average molecular weight is 435 g/mol. The Labute approximate surface area is 186 Å². The lowest BCUT2D eigenvalue weighted by molar-refractivity contribution is 0.0741. The van der Waals surface area contributed by atoms with E-state index in [-0.39, 0.29) is 11.7 Å². The number of halogens is 1. The minimum absolute atomic E-state index is 0.0964. The second kappa shape index (κ2) is 8.65. The normalized spacial score (nSPS) is 14.7. The molecule has 0 saturated carbocycles. The molecule has 5 rings (SSSR count). The molecule has 2 heterocycles. The van der Waals surface area contributed by atoms with Crippen LogP contribution in [0.15, 0.2) is 42.5 Å². The van der Waals surface area contributed by atoms with Gasteiger partial charge in [0, 0.05) is 29.9 Å². The van der Waals surface area contributed by atoms with Crippen LogP contribution in [0.5, 0.6) is 11.5 Å². The highest BCUT2D eigenvalue weighted by molar-refractivity contribution is 5.94. The van der Waals surface area contributed by atoms with Gasteiger partial charge in [-0.25, -0.2) is 9.07 Å². The van der Waals surface area contributed by atoms with Gasteiger partial charge in [-0.15, -0.1) is 0 Å². The minimum atomic E-state index is -0.291. The number of hydrogen-bond acceptors (Lipinski definition) is 4. The van der Waals surface area contributed by atoms with Crippen LogP contribution in [0.1, 0.15) is 47.1 Å². The molecule has 0 saturated heterocycles. The molecule has 6 nitrogen and oxygen atoms in total. The van der Waals surface area contributed by atoms with Gasteiger partial charge in [-0.1, -0.05) is 12.1 Å². The molecular formula is C25H26FN3O3. The summed E-state index contributed by atoms with van der Waals surface area (Å²) in [6.07, 6.45) is 3.77. The van der Waals surface area contributed by atoms with E-state index in [0.29, 0.717) is 37.7 Å². The van der Waals surface area contributed by atoms with Crippen LogP contribution < -0.4 is 9.47 Å². The van der Waals surface area contributed by atoms with Gasteiger partial charge in [-0.05, 0) is 62.9 Å². The van der Waals surface area contributed by atoms with Crippen molar-refractivity contribution in [1.29, 1.82) is 0 Å². The second-order valence-corrected chi connectivity index (χ2v) is 8.13. The zero-order valence-electron chi connectivity index (χ0n) is 18.1. The number of nitrogens with zero attached hydrogens (tertiary/aromatic N) is 3. The Morgan fingerprint density at radius 1 is 1.09 bits per heavy atom. The summed E-state index contributed by atoms with van der Waals surface area (Å²) in [6, 6.07) is 12.0. The molecule has 32 heavy (non-hydrogen) atoms. The number of para-hydroxylation sites is 1. The number of ether oxygens (including phenoxy) is 2. The molecule has 1 aliphatic heterocycles. The molecule has 2 aromatic carbocycles.